The van der Waals surface area contributed by atoms with Crippen molar-refractivity contribution in [1.29, 1.82) is 0 Å². The van der Waals surface area contributed by atoms with Gasteiger partial charge in [-0.25, -0.2) is 0 Å². The quantitative estimate of drug-likeness (QED) is 0.475. The number of hydrogen-bond acceptors (Lipinski definition) is 6. The molecule has 1 heterocycles. The highest BCUT2D eigenvalue weighted by atomic mass is 35.5. The molecule has 0 radical (unpaired) electrons. The van der Waals surface area contributed by atoms with E-state index in [9.17, 15) is 4.79 Å². The van der Waals surface area contributed by atoms with Crippen LogP contribution < -0.4 is 16.2 Å². The number of rotatable bonds is 5. The van der Waals surface area contributed by atoms with E-state index in [1.807, 2.05) is 6.92 Å². The molecule has 0 saturated heterocycles. The molecule has 0 aliphatic rings. The molecule has 0 unspecified atom stereocenters. The van der Waals surface area contributed by atoms with Crippen LogP contribution in [0.2, 0.25) is 5.28 Å². The Morgan fingerprint density at radius 2 is 2.07 bits per heavy atom. The summed E-state index contributed by atoms with van der Waals surface area (Å²) >= 11 is 5.61. The zero-order chi connectivity index (χ0) is 10.4. The van der Waals surface area contributed by atoms with Gasteiger partial charge in [0.25, 0.3) is 0 Å². The second-order valence-electron chi connectivity index (χ2n) is 2.17. The zero-order valence-corrected chi connectivity index (χ0v) is 8.17. The molecule has 1 rings (SSSR count). The molecule has 1 aromatic rings. The number of carbonyl (C=O) groups excluding carboxylic acids is 1. The average molecular weight is 217 g/mol. The number of anilines is 2. The minimum absolute atomic E-state index is 0.0474. The van der Waals surface area contributed by atoms with E-state index in [0.717, 1.165) is 0 Å². The lowest BCUT2D eigenvalue weighted by Gasteiger charge is -2.05. The number of halogens is 1. The maximum absolute atomic E-state index is 9.98. The summed E-state index contributed by atoms with van der Waals surface area (Å²) in [5.74, 6) is 0.524. The third-order valence-corrected chi connectivity index (χ3v) is 1.35. The van der Waals surface area contributed by atoms with Gasteiger partial charge in [0.1, 0.15) is 0 Å². The molecule has 0 aliphatic heterocycles. The highest BCUT2D eigenvalue weighted by Gasteiger charge is 2.02. The molecule has 0 aliphatic carbocycles. The number of hydrogen-bond donors (Lipinski definition) is 3. The SMILES string of the molecule is CCNc1nc(Cl)nc(NNC=O)n1. The normalized spacial score (nSPS) is 9.29. The maximum Gasteiger partial charge on any atom is 0.247 e. The van der Waals surface area contributed by atoms with Gasteiger partial charge in [-0.15, -0.1) is 0 Å². The number of carbonyl (C=O) groups is 1. The summed E-state index contributed by atoms with van der Waals surface area (Å²) in [6, 6.07) is 0. The van der Waals surface area contributed by atoms with Gasteiger partial charge >= 0.3 is 0 Å². The first-order valence-electron chi connectivity index (χ1n) is 3.87. The molecule has 0 atom stereocenters. The van der Waals surface area contributed by atoms with Gasteiger partial charge in [0.15, 0.2) is 0 Å². The minimum atomic E-state index is 0.0474. The number of amides is 1. The van der Waals surface area contributed by atoms with Gasteiger partial charge < -0.3 is 5.32 Å². The summed E-state index contributed by atoms with van der Waals surface area (Å²) in [6.07, 6.45) is 0.463. The molecule has 1 aromatic heterocycles. The van der Waals surface area contributed by atoms with Crippen LogP contribution in [-0.2, 0) is 4.79 Å². The van der Waals surface area contributed by atoms with E-state index >= 15 is 0 Å². The summed E-state index contributed by atoms with van der Waals surface area (Å²) in [6.45, 7) is 2.56. The fourth-order valence-electron chi connectivity index (χ4n) is 0.737. The van der Waals surface area contributed by atoms with E-state index in [-0.39, 0.29) is 11.2 Å². The topological polar surface area (TPSA) is 91.8 Å². The molecule has 14 heavy (non-hydrogen) atoms. The molecule has 7 nitrogen and oxygen atoms in total. The van der Waals surface area contributed by atoms with Crippen LogP contribution in [0.15, 0.2) is 0 Å². The van der Waals surface area contributed by atoms with Crippen LogP contribution in [-0.4, -0.2) is 27.9 Å². The predicted molar refractivity (Wildman–Crippen MR) is 51.8 cm³/mol. The van der Waals surface area contributed by atoms with Gasteiger partial charge in [0.05, 0.1) is 0 Å². The second kappa shape index (κ2) is 5.18. The summed E-state index contributed by atoms with van der Waals surface area (Å²) in [5.41, 5.74) is 4.62. The van der Waals surface area contributed by atoms with E-state index in [0.29, 0.717) is 18.9 Å². The highest BCUT2D eigenvalue weighted by Crippen LogP contribution is 2.07. The van der Waals surface area contributed by atoms with Crippen LogP contribution in [0.5, 0.6) is 0 Å². The lowest BCUT2D eigenvalue weighted by atomic mass is 10.7. The van der Waals surface area contributed by atoms with Crippen molar-refractivity contribution < 1.29 is 4.79 Å². The van der Waals surface area contributed by atoms with Crippen LogP contribution in [0.4, 0.5) is 11.9 Å². The molecule has 0 bridgehead atoms. The van der Waals surface area contributed by atoms with Crippen LogP contribution >= 0.6 is 11.6 Å². The Labute approximate surface area is 85.3 Å². The van der Waals surface area contributed by atoms with E-state index in [2.05, 4.69) is 31.1 Å². The molecule has 0 saturated carbocycles. The fourth-order valence-corrected chi connectivity index (χ4v) is 0.897. The third-order valence-electron chi connectivity index (χ3n) is 1.19. The summed E-state index contributed by atoms with van der Waals surface area (Å²) in [7, 11) is 0. The summed E-state index contributed by atoms with van der Waals surface area (Å²) in [5, 5.41) is 2.91. The molecule has 0 fully saturated rings. The Bertz CT molecular complexity index is 319. The van der Waals surface area contributed by atoms with Gasteiger partial charge in [0.2, 0.25) is 23.6 Å². The van der Waals surface area contributed by atoms with Gasteiger partial charge in [-0.05, 0) is 18.5 Å². The molecular formula is C6H9ClN6O. The Hall–Kier alpha value is -1.63. The first-order chi connectivity index (χ1) is 6.76. The van der Waals surface area contributed by atoms with Gasteiger partial charge in [-0.3, -0.25) is 15.6 Å². The van der Waals surface area contributed by atoms with Crippen LogP contribution in [0.1, 0.15) is 6.92 Å². The third kappa shape index (κ3) is 3.02. The van der Waals surface area contributed by atoms with Crippen molar-refractivity contribution >= 4 is 29.9 Å². The lowest BCUT2D eigenvalue weighted by Crippen LogP contribution is -2.21. The van der Waals surface area contributed by atoms with Crippen LogP contribution in [0.3, 0.4) is 0 Å². The lowest BCUT2D eigenvalue weighted by molar-refractivity contribution is -0.109. The first kappa shape index (κ1) is 10.5. The maximum atomic E-state index is 9.98. The number of hydrazine groups is 1. The van der Waals surface area contributed by atoms with Crippen molar-refractivity contribution in [2.24, 2.45) is 0 Å². The number of nitrogens with one attached hydrogen (secondary N) is 3. The molecule has 0 spiro atoms. The van der Waals surface area contributed by atoms with Crippen molar-refractivity contribution in [1.82, 2.24) is 20.4 Å². The highest BCUT2D eigenvalue weighted by molar-refractivity contribution is 6.28. The summed E-state index contributed by atoms with van der Waals surface area (Å²) < 4.78 is 0. The number of nitrogens with zero attached hydrogens (tertiary/aromatic N) is 3. The van der Waals surface area contributed by atoms with Crippen molar-refractivity contribution in [3.05, 3.63) is 5.28 Å². The van der Waals surface area contributed by atoms with Crippen LogP contribution in [0, 0.1) is 0 Å². The monoisotopic (exact) mass is 216 g/mol. The van der Waals surface area contributed by atoms with Crippen molar-refractivity contribution in [3.8, 4) is 0 Å². The molecule has 76 valence electrons. The Morgan fingerprint density at radius 1 is 1.36 bits per heavy atom. The zero-order valence-electron chi connectivity index (χ0n) is 7.41. The van der Waals surface area contributed by atoms with Crippen molar-refractivity contribution in [2.45, 2.75) is 6.92 Å². The van der Waals surface area contributed by atoms with E-state index in [1.165, 1.54) is 0 Å². The molecule has 3 N–H and O–H groups in total. The fraction of sp³-hybridized carbons (Fsp3) is 0.333. The number of aromatic nitrogens is 3. The predicted octanol–water partition coefficient (Wildman–Crippen LogP) is 0.0297. The van der Waals surface area contributed by atoms with Gasteiger partial charge in [-0.1, -0.05) is 0 Å². The standard InChI is InChI=1S/C6H9ClN6O/c1-2-8-5-10-4(7)11-6(12-5)13-9-3-14/h3H,2H2,1H3,(H,9,14)(H2,8,10,11,12,13). The van der Waals surface area contributed by atoms with E-state index < -0.39 is 0 Å². The Morgan fingerprint density at radius 3 is 2.71 bits per heavy atom. The molecule has 1 amide bonds. The van der Waals surface area contributed by atoms with E-state index in [1.54, 1.807) is 0 Å². The minimum Gasteiger partial charge on any atom is -0.354 e. The van der Waals surface area contributed by atoms with Crippen molar-refractivity contribution in [2.75, 3.05) is 17.3 Å². The average Bonchev–Trinajstić information content (AvgIpc) is 2.14. The second-order valence-corrected chi connectivity index (χ2v) is 2.51. The molecule has 0 aromatic carbocycles. The molecular weight excluding hydrogens is 208 g/mol. The Kier molecular flexibility index (Phi) is 3.86. The van der Waals surface area contributed by atoms with E-state index in [4.69, 9.17) is 11.6 Å². The molecule has 8 heteroatoms. The van der Waals surface area contributed by atoms with Gasteiger partial charge in [-0.2, -0.15) is 15.0 Å². The Balaban J connectivity index is 2.77. The van der Waals surface area contributed by atoms with Gasteiger partial charge in [0, 0.05) is 6.54 Å². The first-order valence-corrected chi connectivity index (χ1v) is 4.24. The largest absolute Gasteiger partial charge is 0.354 e. The summed E-state index contributed by atoms with van der Waals surface area (Å²) in [4.78, 5) is 21.4. The van der Waals surface area contributed by atoms with Crippen molar-refractivity contribution in [3.63, 3.8) is 0 Å². The smallest absolute Gasteiger partial charge is 0.247 e. The van der Waals surface area contributed by atoms with Crippen LogP contribution in [0.25, 0.3) is 0 Å².